The predicted molar refractivity (Wildman–Crippen MR) is 84.2 cm³/mol. The van der Waals surface area contributed by atoms with Gasteiger partial charge in [0.2, 0.25) is 0 Å². The molecule has 0 spiro atoms. The third-order valence-corrected chi connectivity index (χ3v) is 3.38. The van der Waals surface area contributed by atoms with Gasteiger partial charge in [-0.15, -0.1) is 10.2 Å². The smallest absolute Gasteiger partial charge is 0.251 e. The Balaban J connectivity index is 2.07. The lowest BCUT2D eigenvalue weighted by molar-refractivity contribution is 0.0923. The molecule has 0 aliphatic carbocycles. The first-order valence-corrected chi connectivity index (χ1v) is 7.62. The molecule has 1 aromatic heterocycles. The van der Waals surface area contributed by atoms with E-state index >= 15 is 0 Å². The number of rotatable bonds is 7. The van der Waals surface area contributed by atoms with E-state index in [-0.39, 0.29) is 17.9 Å². The maximum Gasteiger partial charge on any atom is 0.251 e. The van der Waals surface area contributed by atoms with Crippen molar-refractivity contribution in [3.63, 3.8) is 0 Å². The fourth-order valence-electron chi connectivity index (χ4n) is 2.12. The summed E-state index contributed by atoms with van der Waals surface area (Å²) in [6.07, 6.45) is 1.13. The molecule has 7 heteroatoms. The first-order valence-electron chi connectivity index (χ1n) is 7.62. The summed E-state index contributed by atoms with van der Waals surface area (Å²) in [6.45, 7) is 4.52. The second kappa shape index (κ2) is 8.03. The molecule has 1 aromatic carbocycles. The van der Waals surface area contributed by atoms with E-state index in [1.807, 2.05) is 32.0 Å². The van der Waals surface area contributed by atoms with E-state index in [1.54, 1.807) is 12.1 Å². The van der Waals surface area contributed by atoms with Crippen molar-refractivity contribution in [3.05, 3.63) is 41.7 Å². The maximum atomic E-state index is 12.3. The SMILES string of the molecule is CC(C)[C@H](NC(=O)c1ccccc1)c1nnn(CCCC#N)n1. The number of hydrogen-bond acceptors (Lipinski definition) is 5. The van der Waals surface area contributed by atoms with Crippen LogP contribution in [-0.4, -0.2) is 26.1 Å². The Morgan fingerprint density at radius 3 is 2.74 bits per heavy atom. The Bertz CT molecular complexity index is 673. The second-order valence-electron chi connectivity index (χ2n) is 5.57. The van der Waals surface area contributed by atoms with Gasteiger partial charge >= 0.3 is 0 Å². The van der Waals surface area contributed by atoms with Gasteiger partial charge in [0.1, 0.15) is 0 Å². The molecule has 2 rings (SSSR count). The Hall–Kier alpha value is -2.75. The number of aromatic nitrogens is 4. The molecule has 0 saturated carbocycles. The van der Waals surface area contributed by atoms with Gasteiger partial charge in [-0.05, 0) is 29.7 Å². The van der Waals surface area contributed by atoms with Crippen molar-refractivity contribution >= 4 is 5.91 Å². The Morgan fingerprint density at radius 1 is 1.35 bits per heavy atom. The van der Waals surface area contributed by atoms with Gasteiger partial charge in [0.25, 0.3) is 5.91 Å². The number of benzene rings is 1. The number of carbonyl (C=O) groups is 1. The number of tetrazole rings is 1. The summed E-state index contributed by atoms with van der Waals surface area (Å²) < 4.78 is 0. The van der Waals surface area contributed by atoms with Crippen molar-refractivity contribution in [1.29, 1.82) is 5.26 Å². The quantitative estimate of drug-likeness (QED) is 0.790. The van der Waals surface area contributed by atoms with E-state index in [4.69, 9.17) is 5.26 Å². The second-order valence-corrected chi connectivity index (χ2v) is 5.57. The van der Waals surface area contributed by atoms with Crippen LogP contribution >= 0.6 is 0 Å². The molecule has 1 atom stereocenters. The summed E-state index contributed by atoms with van der Waals surface area (Å²) in [5.41, 5.74) is 0.597. The zero-order chi connectivity index (χ0) is 16.7. The van der Waals surface area contributed by atoms with E-state index in [1.165, 1.54) is 4.80 Å². The Kier molecular flexibility index (Phi) is 5.80. The Morgan fingerprint density at radius 2 is 2.09 bits per heavy atom. The first kappa shape index (κ1) is 16.6. The fourth-order valence-corrected chi connectivity index (χ4v) is 2.12. The molecule has 0 radical (unpaired) electrons. The molecule has 0 aliphatic rings. The molecule has 0 bridgehead atoms. The highest BCUT2D eigenvalue weighted by molar-refractivity contribution is 5.94. The summed E-state index contributed by atoms with van der Waals surface area (Å²) in [5.74, 6) is 0.450. The molecular formula is C16H20N6O. The van der Waals surface area contributed by atoms with Gasteiger partial charge < -0.3 is 5.32 Å². The van der Waals surface area contributed by atoms with Gasteiger partial charge in [-0.3, -0.25) is 4.79 Å². The van der Waals surface area contributed by atoms with Crippen molar-refractivity contribution < 1.29 is 4.79 Å². The molecular weight excluding hydrogens is 292 g/mol. The number of amides is 1. The molecule has 0 saturated heterocycles. The van der Waals surface area contributed by atoms with Crippen molar-refractivity contribution in [2.24, 2.45) is 5.92 Å². The van der Waals surface area contributed by atoms with Crippen molar-refractivity contribution in [1.82, 2.24) is 25.5 Å². The van der Waals surface area contributed by atoms with Crippen LogP contribution in [0.25, 0.3) is 0 Å². The first-order chi connectivity index (χ1) is 11.1. The summed E-state index contributed by atoms with van der Waals surface area (Å²) in [5, 5.41) is 23.9. The molecule has 2 aromatic rings. The molecule has 0 unspecified atom stereocenters. The van der Waals surface area contributed by atoms with Gasteiger partial charge in [-0.1, -0.05) is 32.0 Å². The van der Waals surface area contributed by atoms with Crippen LogP contribution in [-0.2, 0) is 6.54 Å². The van der Waals surface area contributed by atoms with Crippen molar-refractivity contribution in [2.75, 3.05) is 0 Å². The summed E-state index contributed by atoms with van der Waals surface area (Å²) in [6, 6.07) is 10.8. The lowest BCUT2D eigenvalue weighted by Gasteiger charge is -2.19. The average Bonchev–Trinajstić information content (AvgIpc) is 3.01. The van der Waals surface area contributed by atoms with Crippen LogP contribution in [0.4, 0.5) is 0 Å². The van der Waals surface area contributed by atoms with E-state index in [0.29, 0.717) is 30.8 Å². The van der Waals surface area contributed by atoms with Gasteiger partial charge in [0.15, 0.2) is 5.82 Å². The number of unbranched alkanes of at least 4 members (excludes halogenated alkanes) is 1. The number of hydrogen-bond donors (Lipinski definition) is 1. The number of nitrogens with zero attached hydrogens (tertiary/aromatic N) is 5. The molecule has 1 amide bonds. The largest absolute Gasteiger partial charge is 0.342 e. The molecule has 120 valence electrons. The minimum absolute atomic E-state index is 0.124. The molecule has 23 heavy (non-hydrogen) atoms. The summed E-state index contributed by atoms with van der Waals surface area (Å²) in [7, 11) is 0. The van der Waals surface area contributed by atoms with Crippen LogP contribution in [0, 0.1) is 17.2 Å². The monoisotopic (exact) mass is 312 g/mol. The predicted octanol–water partition coefficient (Wildman–Crippen LogP) is 2.10. The number of aryl methyl sites for hydroxylation is 1. The summed E-state index contributed by atoms with van der Waals surface area (Å²) >= 11 is 0. The highest BCUT2D eigenvalue weighted by atomic mass is 16.1. The van der Waals surface area contributed by atoms with E-state index < -0.39 is 0 Å². The van der Waals surface area contributed by atoms with Crippen LogP contribution in [0.5, 0.6) is 0 Å². The lowest BCUT2D eigenvalue weighted by atomic mass is 10.0. The molecule has 0 fully saturated rings. The Labute approximate surface area is 135 Å². The van der Waals surface area contributed by atoms with Gasteiger partial charge in [0, 0.05) is 12.0 Å². The normalized spacial score (nSPS) is 11.9. The number of nitriles is 1. The highest BCUT2D eigenvalue weighted by Crippen LogP contribution is 2.18. The molecule has 0 aliphatic heterocycles. The zero-order valence-electron chi connectivity index (χ0n) is 13.3. The number of carbonyl (C=O) groups excluding carboxylic acids is 1. The van der Waals surface area contributed by atoms with E-state index in [2.05, 4.69) is 26.8 Å². The van der Waals surface area contributed by atoms with Crippen LogP contribution in [0.3, 0.4) is 0 Å². The third kappa shape index (κ3) is 4.61. The highest BCUT2D eigenvalue weighted by Gasteiger charge is 2.23. The van der Waals surface area contributed by atoms with E-state index in [9.17, 15) is 4.79 Å². The molecule has 1 heterocycles. The van der Waals surface area contributed by atoms with Crippen molar-refractivity contribution in [3.8, 4) is 6.07 Å². The minimum Gasteiger partial charge on any atom is -0.342 e. The van der Waals surface area contributed by atoms with Crippen LogP contribution in [0.2, 0.25) is 0 Å². The zero-order valence-corrected chi connectivity index (χ0v) is 13.3. The van der Waals surface area contributed by atoms with Crippen LogP contribution < -0.4 is 5.32 Å². The lowest BCUT2D eigenvalue weighted by Crippen LogP contribution is -2.32. The molecule has 7 nitrogen and oxygen atoms in total. The van der Waals surface area contributed by atoms with Crippen LogP contribution in [0.1, 0.15) is 48.9 Å². The van der Waals surface area contributed by atoms with Gasteiger partial charge in [-0.25, -0.2) is 0 Å². The van der Waals surface area contributed by atoms with E-state index in [0.717, 1.165) is 0 Å². The third-order valence-electron chi connectivity index (χ3n) is 3.38. The van der Waals surface area contributed by atoms with Crippen molar-refractivity contribution in [2.45, 2.75) is 39.3 Å². The standard InChI is InChI=1S/C16H20N6O/c1-12(2)14(18-16(23)13-8-4-3-5-9-13)15-19-21-22(20-15)11-7-6-10-17/h3-5,8-9,12,14H,6-7,11H2,1-2H3,(H,18,23)/t14-/m0/s1. The topological polar surface area (TPSA) is 96.5 Å². The number of nitrogens with one attached hydrogen (secondary N) is 1. The molecule has 1 N–H and O–H groups in total. The minimum atomic E-state index is -0.313. The van der Waals surface area contributed by atoms with Gasteiger partial charge in [-0.2, -0.15) is 10.1 Å². The summed E-state index contributed by atoms with van der Waals surface area (Å²) in [4.78, 5) is 13.8. The van der Waals surface area contributed by atoms with Gasteiger partial charge in [0.05, 0.1) is 18.7 Å². The maximum absolute atomic E-state index is 12.3. The fraction of sp³-hybridized carbons (Fsp3) is 0.438. The average molecular weight is 312 g/mol. The van der Waals surface area contributed by atoms with Crippen LogP contribution in [0.15, 0.2) is 30.3 Å².